The third kappa shape index (κ3) is 5.39. The van der Waals surface area contributed by atoms with Crippen molar-refractivity contribution >= 4 is 11.8 Å². The predicted molar refractivity (Wildman–Crippen MR) is 130 cm³/mol. The minimum absolute atomic E-state index is 0.0271. The Kier molecular flexibility index (Phi) is 7.37. The number of piperidine rings is 1. The number of amides is 2. The van der Waals surface area contributed by atoms with Crippen LogP contribution in [0.5, 0.6) is 5.75 Å². The van der Waals surface area contributed by atoms with Gasteiger partial charge in [0.25, 0.3) is 0 Å². The molecule has 2 heterocycles. The zero-order valence-electron chi connectivity index (χ0n) is 20.2. The van der Waals surface area contributed by atoms with Crippen molar-refractivity contribution in [2.45, 2.75) is 69.6 Å². The fraction of sp³-hybridized carbons (Fsp3) is 0.692. The molecule has 2 aliphatic carbocycles. The molecule has 5 unspecified atom stereocenters. The third-order valence-electron chi connectivity index (χ3n) is 8.19. The lowest BCUT2D eigenvalue weighted by atomic mass is 9.78. The van der Waals surface area contributed by atoms with Gasteiger partial charge in [0, 0.05) is 43.7 Å². The first-order valence-corrected chi connectivity index (χ1v) is 13.1. The van der Waals surface area contributed by atoms with E-state index in [2.05, 4.69) is 26.4 Å². The zero-order valence-corrected chi connectivity index (χ0v) is 20.2. The molecule has 8 heteroatoms. The second-order valence-electron chi connectivity index (χ2n) is 10.5. The Morgan fingerprint density at radius 3 is 2.76 bits per heavy atom. The number of likely N-dealkylation sites (N-methyl/N-ethyl adjacent to an activating group) is 1. The molecule has 4 aliphatic rings. The van der Waals surface area contributed by atoms with Crippen LogP contribution < -0.4 is 26.2 Å². The van der Waals surface area contributed by atoms with Crippen molar-refractivity contribution in [3.63, 3.8) is 0 Å². The van der Waals surface area contributed by atoms with Crippen molar-refractivity contribution in [3.8, 4) is 5.75 Å². The summed E-state index contributed by atoms with van der Waals surface area (Å²) in [6, 6.07) is 8.67. The number of hydrogen-bond donors (Lipinski definition) is 4. The molecular formula is C26H39N5O3. The number of rotatable bonds is 8. The van der Waals surface area contributed by atoms with Crippen LogP contribution in [0.15, 0.2) is 24.3 Å². The molecule has 4 N–H and O–H groups in total. The van der Waals surface area contributed by atoms with E-state index in [1.165, 1.54) is 12.8 Å². The van der Waals surface area contributed by atoms with Gasteiger partial charge in [0.2, 0.25) is 11.8 Å². The van der Waals surface area contributed by atoms with Crippen molar-refractivity contribution in [3.05, 3.63) is 29.8 Å². The van der Waals surface area contributed by atoms with Crippen LogP contribution >= 0.6 is 0 Å². The van der Waals surface area contributed by atoms with E-state index in [0.29, 0.717) is 30.5 Å². The quantitative estimate of drug-likeness (QED) is 0.462. The summed E-state index contributed by atoms with van der Waals surface area (Å²) in [7, 11) is 1.70. The number of likely N-dealkylation sites (tertiary alicyclic amines) is 1. The number of para-hydroxylation sites is 1. The predicted octanol–water partition coefficient (Wildman–Crippen LogP) is 1.56. The summed E-state index contributed by atoms with van der Waals surface area (Å²) in [5.41, 5.74) is 7.61. The molecule has 186 valence electrons. The van der Waals surface area contributed by atoms with Gasteiger partial charge < -0.3 is 15.4 Å². The summed E-state index contributed by atoms with van der Waals surface area (Å²) in [5.74, 6) is 2.17. The molecule has 0 aromatic heterocycles. The van der Waals surface area contributed by atoms with Crippen LogP contribution in [-0.4, -0.2) is 61.6 Å². The van der Waals surface area contributed by atoms with Crippen molar-refractivity contribution in [1.29, 1.82) is 0 Å². The summed E-state index contributed by atoms with van der Waals surface area (Å²) < 4.78 is 6.00. The summed E-state index contributed by atoms with van der Waals surface area (Å²) in [6.07, 6.45) is 7.65. The number of hydrazine groups is 1. The lowest BCUT2D eigenvalue weighted by Crippen LogP contribution is -2.51. The molecule has 34 heavy (non-hydrogen) atoms. The highest BCUT2D eigenvalue weighted by Gasteiger charge is 2.44. The smallest absolute Gasteiger partial charge is 0.238 e. The Balaban J connectivity index is 1.12. The highest BCUT2D eigenvalue weighted by atomic mass is 16.5. The zero-order chi connectivity index (χ0) is 23.5. The number of carbonyl (C=O) groups is 2. The minimum Gasteiger partial charge on any atom is -0.493 e. The molecule has 2 aliphatic heterocycles. The van der Waals surface area contributed by atoms with E-state index >= 15 is 0 Å². The lowest BCUT2D eigenvalue weighted by Gasteiger charge is -2.42. The fourth-order valence-corrected chi connectivity index (χ4v) is 5.95. The maximum absolute atomic E-state index is 13.1. The van der Waals surface area contributed by atoms with Gasteiger partial charge in [-0.3, -0.25) is 19.9 Å². The third-order valence-corrected chi connectivity index (χ3v) is 8.19. The Morgan fingerprint density at radius 2 is 1.94 bits per heavy atom. The molecule has 4 fully saturated rings. The first-order valence-electron chi connectivity index (χ1n) is 13.1. The van der Waals surface area contributed by atoms with Gasteiger partial charge in [0.05, 0.1) is 12.5 Å². The van der Waals surface area contributed by atoms with E-state index < -0.39 is 0 Å². The van der Waals surface area contributed by atoms with Crippen molar-refractivity contribution < 1.29 is 14.3 Å². The topological polar surface area (TPSA) is 94.7 Å². The molecular weight excluding hydrogens is 430 g/mol. The van der Waals surface area contributed by atoms with Gasteiger partial charge in [-0.15, -0.1) is 0 Å². The number of hydrogen-bond acceptors (Lipinski definition) is 6. The number of nitrogens with one attached hydrogen (secondary N) is 4. The average Bonchev–Trinajstić information content (AvgIpc) is 3.62. The summed E-state index contributed by atoms with van der Waals surface area (Å²) in [5, 5.41) is 5.96. The van der Waals surface area contributed by atoms with E-state index in [4.69, 9.17) is 4.74 Å². The number of ether oxygens (including phenoxy) is 1. The SMILES string of the molecule is CNC(=O)C1NNC2CC(N3CCCC(C(=O)NCc4ccccc4OCC4CC4)C3)CCC21. The summed E-state index contributed by atoms with van der Waals surface area (Å²) >= 11 is 0. The van der Waals surface area contributed by atoms with E-state index in [1.54, 1.807) is 7.05 Å². The van der Waals surface area contributed by atoms with E-state index in [9.17, 15) is 9.59 Å². The van der Waals surface area contributed by atoms with Crippen LogP contribution in [0, 0.1) is 17.8 Å². The van der Waals surface area contributed by atoms with Gasteiger partial charge in [-0.1, -0.05) is 18.2 Å². The molecule has 5 atom stereocenters. The number of benzene rings is 1. The van der Waals surface area contributed by atoms with E-state index in [0.717, 1.165) is 63.1 Å². The Morgan fingerprint density at radius 1 is 1.09 bits per heavy atom. The first-order chi connectivity index (χ1) is 16.6. The lowest BCUT2D eigenvalue weighted by molar-refractivity contribution is -0.127. The average molecular weight is 470 g/mol. The molecule has 1 aromatic carbocycles. The van der Waals surface area contributed by atoms with Gasteiger partial charge in [-0.05, 0) is 63.5 Å². The first kappa shape index (κ1) is 23.6. The molecule has 2 saturated carbocycles. The van der Waals surface area contributed by atoms with Crippen LogP contribution in [0.25, 0.3) is 0 Å². The van der Waals surface area contributed by atoms with Crippen LogP contribution in [0.3, 0.4) is 0 Å². The van der Waals surface area contributed by atoms with Crippen molar-refractivity contribution in [2.75, 3.05) is 26.7 Å². The highest BCUT2D eigenvalue weighted by molar-refractivity contribution is 5.82. The van der Waals surface area contributed by atoms with E-state index in [1.807, 2.05) is 24.3 Å². The van der Waals surface area contributed by atoms with Gasteiger partial charge in [-0.2, -0.15) is 0 Å². The molecule has 0 radical (unpaired) electrons. The van der Waals surface area contributed by atoms with E-state index in [-0.39, 0.29) is 23.8 Å². The maximum Gasteiger partial charge on any atom is 0.238 e. The minimum atomic E-state index is -0.146. The molecule has 5 rings (SSSR count). The number of fused-ring (bicyclic) bond motifs is 1. The van der Waals surface area contributed by atoms with Crippen LogP contribution in [0.4, 0.5) is 0 Å². The van der Waals surface area contributed by atoms with Gasteiger partial charge in [0.15, 0.2) is 0 Å². The van der Waals surface area contributed by atoms with Gasteiger partial charge >= 0.3 is 0 Å². The monoisotopic (exact) mass is 469 g/mol. The van der Waals surface area contributed by atoms with Crippen LogP contribution in [-0.2, 0) is 16.1 Å². The second kappa shape index (κ2) is 10.6. The van der Waals surface area contributed by atoms with Crippen LogP contribution in [0.2, 0.25) is 0 Å². The summed E-state index contributed by atoms with van der Waals surface area (Å²) in [6.45, 7) is 3.16. The maximum atomic E-state index is 13.1. The van der Waals surface area contributed by atoms with Crippen molar-refractivity contribution in [1.82, 2.24) is 26.4 Å². The largest absolute Gasteiger partial charge is 0.493 e. The van der Waals surface area contributed by atoms with Gasteiger partial charge in [0.1, 0.15) is 11.8 Å². The summed E-state index contributed by atoms with van der Waals surface area (Å²) in [4.78, 5) is 27.7. The Hall–Kier alpha value is -2.16. The van der Waals surface area contributed by atoms with Crippen LogP contribution in [0.1, 0.15) is 50.5 Å². The highest BCUT2D eigenvalue weighted by Crippen LogP contribution is 2.34. The Bertz CT molecular complexity index is 876. The molecule has 2 saturated heterocycles. The van der Waals surface area contributed by atoms with Crippen molar-refractivity contribution in [2.24, 2.45) is 17.8 Å². The number of carbonyl (C=O) groups excluding carboxylic acids is 2. The number of nitrogens with zero attached hydrogens (tertiary/aromatic N) is 1. The molecule has 2 amide bonds. The normalized spacial score (nSPS) is 31.5. The second-order valence-corrected chi connectivity index (χ2v) is 10.5. The molecule has 8 nitrogen and oxygen atoms in total. The molecule has 1 aromatic rings. The molecule has 0 spiro atoms. The fourth-order valence-electron chi connectivity index (χ4n) is 5.95. The standard InChI is InChI=1S/C26H39N5O3/c1-27-26(33)24-21-11-10-20(13-22(21)29-30-24)31-12-4-6-19(15-31)25(32)28-14-18-5-2-3-7-23(18)34-16-17-8-9-17/h2-3,5,7,17,19-22,24,29-30H,4,6,8-16H2,1H3,(H,27,33)(H,28,32). The van der Waals surface area contributed by atoms with Gasteiger partial charge in [-0.25, -0.2) is 5.43 Å². The molecule has 0 bridgehead atoms. The Labute approximate surface area is 202 Å².